The van der Waals surface area contributed by atoms with E-state index in [1.807, 2.05) is 10.7 Å². The summed E-state index contributed by atoms with van der Waals surface area (Å²) in [5, 5.41) is 4.15. The number of nitrogens with zero attached hydrogens (tertiary/aromatic N) is 3. The van der Waals surface area contributed by atoms with Crippen LogP contribution in [-0.2, 0) is 6.54 Å². The summed E-state index contributed by atoms with van der Waals surface area (Å²) in [5.41, 5.74) is 3.72. The van der Waals surface area contributed by atoms with Crippen molar-refractivity contribution in [2.75, 3.05) is 0 Å². The van der Waals surface area contributed by atoms with Crippen molar-refractivity contribution in [1.82, 2.24) is 14.8 Å². The van der Waals surface area contributed by atoms with Crippen LogP contribution in [0.15, 0.2) is 67.3 Å². The van der Waals surface area contributed by atoms with Crippen LogP contribution in [0.1, 0.15) is 5.56 Å². The van der Waals surface area contributed by atoms with Crippen LogP contribution in [0.3, 0.4) is 0 Å². The molecule has 0 saturated carbocycles. The zero-order chi connectivity index (χ0) is 12.2. The van der Waals surface area contributed by atoms with Gasteiger partial charge in [0, 0.05) is 0 Å². The molecule has 0 aliphatic heterocycles. The second-order valence-electron chi connectivity index (χ2n) is 4.12. The van der Waals surface area contributed by atoms with Gasteiger partial charge in [0.2, 0.25) is 0 Å². The minimum atomic E-state index is 0.741. The molecular formula is C15H13N3. The molecule has 0 amide bonds. The molecule has 88 valence electrons. The molecule has 3 aromatic rings. The maximum absolute atomic E-state index is 4.15. The van der Waals surface area contributed by atoms with Crippen molar-refractivity contribution < 1.29 is 0 Å². The van der Waals surface area contributed by atoms with Crippen LogP contribution in [-0.4, -0.2) is 14.8 Å². The van der Waals surface area contributed by atoms with E-state index in [1.54, 1.807) is 12.7 Å². The lowest BCUT2D eigenvalue weighted by atomic mass is 10.00. The first-order valence-corrected chi connectivity index (χ1v) is 5.89. The third kappa shape index (κ3) is 2.15. The molecule has 0 saturated heterocycles. The largest absolute Gasteiger partial charge is 0.249 e. The van der Waals surface area contributed by atoms with Gasteiger partial charge in [0.25, 0.3) is 0 Å². The summed E-state index contributed by atoms with van der Waals surface area (Å²) >= 11 is 0. The quantitative estimate of drug-likeness (QED) is 0.698. The molecule has 3 nitrogen and oxygen atoms in total. The van der Waals surface area contributed by atoms with E-state index in [1.165, 1.54) is 16.7 Å². The first-order valence-electron chi connectivity index (χ1n) is 5.89. The van der Waals surface area contributed by atoms with Crippen molar-refractivity contribution in [2.45, 2.75) is 6.54 Å². The Labute approximate surface area is 106 Å². The zero-order valence-corrected chi connectivity index (χ0v) is 9.90. The highest BCUT2D eigenvalue weighted by Gasteiger charge is 2.04. The van der Waals surface area contributed by atoms with Gasteiger partial charge in [-0.15, -0.1) is 0 Å². The van der Waals surface area contributed by atoms with E-state index >= 15 is 0 Å². The molecule has 0 atom stereocenters. The molecule has 1 aromatic heterocycles. The summed E-state index contributed by atoms with van der Waals surface area (Å²) in [5.74, 6) is 0. The van der Waals surface area contributed by atoms with E-state index in [4.69, 9.17) is 0 Å². The smallest absolute Gasteiger partial charge is 0.137 e. The Kier molecular flexibility index (Phi) is 2.88. The summed E-state index contributed by atoms with van der Waals surface area (Å²) in [6, 6.07) is 18.8. The molecule has 0 spiro atoms. The van der Waals surface area contributed by atoms with Crippen molar-refractivity contribution in [3.05, 3.63) is 72.8 Å². The van der Waals surface area contributed by atoms with Crippen molar-refractivity contribution in [3.8, 4) is 11.1 Å². The third-order valence-corrected chi connectivity index (χ3v) is 2.90. The van der Waals surface area contributed by atoms with E-state index in [0.29, 0.717) is 0 Å². The molecular weight excluding hydrogens is 222 g/mol. The molecule has 0 aliphatic carbocycles. The molecule has 0 fully saturated rings. The van der Waals surface area contributed by atoms with E-state index < -0.39 is 0 Å². The van der Waals surface area contributed by atoms with Crippen molar-refractivity contribution in [3.63, 3.8) is 0 Å². The fourth-order valence-electron chi connectivity index (χ4n) is 2.05. The Morgan fingerprint density at radius 3 is 2.44 bits per heavy atom. The average Bonchev–Trinajstić information content (AvgIpc) is 2.93. The van der Waals surface area contributed by atoms with E-state index in [2.05, 4.69) is 58.6 Å². The molecule has 0 bridgehead atoms. The van der Waals surface area contributed by atoms with Crippen LogP contribution in [0.5, 0.6) is 0 Å². The Morgan fingerprint density at radius 1 is 0.889 bits per heavy atom. The van der Waals surface area contributed by atoms with Gasteiger partial charge < -0.3 is 0 Å². The lowest BCUT2D eigenvalue weighted by Crippen LogP contribution is -2.01. The topological polar surface area (TPSA) is 30.7 Å². The summed E-state index contributed by atoms with van der Waals surface area (Å²) in [4.78, 5) is 3.97. The van der Waals surface area contributed by atoms with Gasteiger partial charge in [-0.05, 0) is 16.7 Å². The summed E-state index contributed by atoms with van der Waals surface area (Å²) in [6.07, 6.45) is 3.30. The molecule has 2 aromatic carbocycles. The number of aromatic nitrogens is 3. The molecule has 3 heteroatoms. The first-order chi connectivity index (χ1) is 8.93. The van der Waals surface area contributed by atoms with Gasteiger partial charge in [-0.1, -0.05) is 54.6 Å². The first kappa shape index (κ1) is 10.7. The highest BCUT2D eigenvalue weighted by atomic mass is 15.3. The van der Waals surface area contributed by atoms with Gasteiger partial charge in [0.05, 0.1) is 6.54 Å². The molecule has 0 radical (unpaired) electrons. The highest BCUT2D eigenvalue weighted by Crippen LogP contribution is 2.23. The standard InChI is InChI=1S/C15H13N3/c1-2-6-13(7-3-1)15-9-5-4-8-14(15)10-18-12-16-11-17-18/h1-9,11-12H,10H2. The van der Waals surface area contributed by atoms with Crippen LogP contribution in [0.25, 0.3) is 11.1 Å². The second-order valence-corrected chi connectivity index (χ2v) is 4.12. The van der Waals surface area contributed by atoms with Crippen molar-refractivity contribution in [1.29, 1.82) is 0 Å². The zero-order valence-electron chi connectivity index (χ0n) is 9.90. The monoisotopic (exact) mass is 235 g/mol. The highest BCUT2D eigenvalue weighted by molar-refractivity contribution is 5.67. The van der Waals surface area contributed by atoms with E-state index in [9.17, 15) is 0 Å². The molecule has 3 rings (SSSR count). The fraction of sp³-hybridized carbons (Fsp3) is 0.0667. The van der Waals surface area contributed by atoms with Crippen LogP contribution in [0.4, 0.5) is 0 Å². The maximum atomic E-state index is 4.15. The Hall–Kier alpha value is -2.42. The lowest BCUT2D eigenvalue weighted by Gasteiger charge is -2.09. The van der Waals surface area contributed by atoms with Crippen LogP contribution in [0.2, 0.25) is 0 Å². The SMILES string of the molecule is c1ccc(-c2ccccc2Cn2cncn2)cc1. The van der Waals surface area contributed by atoms with Gasteiger partial charge in [-0.25, -0.2) is 9.67 Å². The maximum Gasteiger partial charge on any atom is 0.137 e. The second kappa shape index (κ2) is 4.84. The molecule has 1 heterocycles. The normalized spacial score (nSPS) is 10.4. The van der Waals surface area contributed by atoms with Crippen LogP contribution in [0, 0.1) is 0 Å². The third-order valence-electron chi connectivity index (χ3n) is 2.90. The van der Waals surface area contributed by atoms with Gasteiger partial charge in [0.15, 0.2) is 0 Å². The minimum Gasteiger partial charge on any atom is -0.249 e. The Balaban J connectivity index is 2.00. The lowest BCUT2D eigenvalue weighted by molar-refractivity contribution is 0.686. The molecule has 0 N–H and O–H groups in total. The van der Waals surface area contributed by atoms with Crippen LogP contribution < -0.4 is 0 Å². The van der Waals surface area contributed by atoms with Gasteiger partial charge in [0.1, 0.15) is 12.7 Å². The number of hydrogen-bond donors (Lipinski definition) is 0. The van der Waals surface area contributed by atoms with E-state index in [-0.39, 0.29) is 0 Å². The fourth-order valence-corrected chi connectivity index (χ4v) is 2.05. The Bertz CT molecular complexity index is 615. The van der Waals surface area contributed by atoms with E-state index in [0.717, 1.165) is 6.54 Å². The molecule has 18 heavy (non-hydrogen) atoms. The Morgan fingerprint density at radius 2 is 1.67 bits per heavy atom. The summed E-state index contributed by atoms with van der Waals surface area (Å²) in [7, 11) is 0. The number of rotatable bonds is 3. The van der Waals surface area contributed by atoms with Crippen LogP contribution >= 0.6 is 0 Å². The molecule has 0 aliphatic rings. The van der Waals surface area contributed by atoms with Gasteiger partial charge in [-0.3, -0.25) is 0 Å². The van der Waals surface area contributed by atoms with Gasteiger partial charge in [-0.2, -0.15) is 5.10 Å². The van der Waals surface area contributed by atoms with Crippen molar-refractivity contribution in [2.24, 2.45) is 0 Å². The summed E-state index contributed by atoms with van der Waals surface area (Å²) < 4.78 is 1.84. The predicted octanol–water partition coefficient (Wildman–Crippen LogP) is 2.99. The number of benzene rings is 2. The van der Waals surface area contributed by atoms with Gasteiger partial charge >= 0.3 is 0 Å². The van der Waals surface area contributed by atoms with Crippen molar-refractivity contribution >= 4 is 0 Å². The average molecular weight is 235 g/mol. The number of hydrogen-bond acceptors (Lipinski definition) is 2. The predicted molar refractivity (Wildman–Crippen MR) is 71.0 cm³/mol. The summed E-state index contributed by atoms with van der Waals surface area (Å²) in [6.45, 7) is 0.741. The molecule has 0 unspecified atom stereocenters. The minimum absolute atomic E-state index is 0.741.